The maximum atomic E-state index is 14.0. The Bertz CT molecular complexity index is 1580. The molecule has 1 aliphatic heterocycles. The minimum absolute atomic E-state index is 0.154. The van der Waals surface area contributed by atoms with Crippen LogP contribution in [-0.4, -0.2) is 67.7 Å². The van der Waals surface area contributed by atoms with Crippen molar-refractivity contribution >= 4 is 33.7 Å². The Morgan fingerprint density at radius 1 is 0.930 bits per heavy atom. The van der Waals surface area contributed by atoms with Crippen LogP contribution in [0.2, 0.25) is 0 Å². The lowest BCUT2D eigenvalue weighted by molar-refractivity contribution is -0.122. The number of rotatable bonds is 10. The molecule has 1 aromatic heterocycles. The first-order chi connectivity index (χ1) is 20.8. The van der Waals surface area contributed by atoms with E-state index in [1.165, 1.54) is 24.0 Å². The third kappa shape index (κ3) is 9.01. The number of nitrogens with zero attached hydrogens (tertiary/aromatic N) is 3. The van der Waals surface area contributed by atoms with Crippen LogP contribution >= 0.6 is 0 Å². The van der Waals surface area contributed by atoms with Crippen molar-refractivity contribution in [1.29, 1.82) is 0 Å². The summed E-state index contributed by atoms with van der Waals surface area (Å²) in [5.74, 6) is -1.77. The number of carbonyl (C=O) groups is 1. The van der Waals surface area contributed by atoms with Crippen molar-refractivity contribution in [3.8, 4) is 11.3 Å². The second kappa shape index (κ2) is 15.1. The molecule has 1 saturated heterocycles. The standard InChI is InChI=1S/C29H29F2N5O3S.CH2O2/c30-25-4-1-5-26(31)29(25)40(37,38)35-24-12-10-23(11-13-24)34-28-19-27(32-20-33-28)22-8-6-21(7-9-22)3-2-14-36-15-17-39-18-16-36;2-1-3/h1,4-13,19-20,35H,2-3,14-18H2,(H,32,33,34);1H,(H,2,3). The van der Waals surface area contributed by atoms with Crippen molar-refractivity contribution in [2.75, 3.05) is 42.9 Å². The van der Waals surface area contributed by atoms with Crippen LogP contribution in [0.4, 0.5) is 26.0 Å². The number of sulfonamides is 1. The lowest BCUT2D eigenvalue weighted by atomic mass is 10.1. The number of aryl methyl sites for hydroxylation is 1. The van der Waals surface area contributed by atoms with Crippen molar-refractivity contribution in [2.24, 2.45) is 0 Å². The van der Waals surface area contributed by atoms with Gasteiger partial charge in [0.15, 0.2) is 4.90 Å². The highest BCUT2D eigenvalue weighted by atomic mass is 32.2. The summed E-state index contributed by atoms with van der Waals surface area (Å²) in [4.78, 5) is 18.4. The van der Waals surface area contributed by atoms with Crippen LogP contribution < -0.4 is 10.0 Å². The zero-order chi connectivity index (χ0) is 30.7. The molecular weight excluding hydrogens is 580 g/mol. The van der Waals surface area contributed by atoms with Gasteiger partial charge in [-0.1, -0.05) is 30.3 Å². The Morgan fingerprint density at radius 3 is 2.21 bits per heavy atom. The van der Waals surface area contributed by atoms with E-state index in [1.807, 2.05) is 6.07 Å². The molecule has 0 radical (unpaired) electrons. The Hall–Kier alpha value is -4.46. The third-order valence-electron chi connectivity index (χ3n) is 6.56. The first-order valence-corrected chi connectivity index (χ1v) is 14.9. The Kier molecular flexibility index (Phi) is 11.1. The molecule has 1 fully saturated rings. The summed E-state index contributed by atoms with van der Waals surface area (Å²) in [7, 11) is -4.44. The van der Waals surface area contributed by atoms with Gasteiger partial charge in [0.25, 0.3) is 16.5 Å². The number of benzene rings is 3. The van der Waals surface area contributed by atoms with Crippen LogP contribution in [0.25, 0.3) is 11.3 Å². The zero-order valence-electron chi connectivity index (χ0n) is 23.1. The average molecular weight is 612 g/mol. The van der Waals surface area contributed by atoms with Gasteiger partial charge in [0.2, 0.25) is 0 Å². The first kappa shape index (κ1) is 31.5. The summed E-state index contributed by atoms with van der Waals surface area (Å²) in [5, 5.41) is 10.1. The van der Waals surface area contributed by atoms with E-state index in [9.17, 15) is 17.2 Å². The first-order valence-electron chi connectivity index (χ1n) is 13.4. The molecule has 226 valence electrons. The van der Waals surface area contributed by atoms with E-state index in [0.717, 1.165) is 75.1 Å². The van der Waals surface area contributed by atoms with E-state index in [1.54, 1.807) is 12.1 Å². The maximum absolute atomic E-state index is 14.0. The summed E-state index contributed by atoms with van der Waals surface area (Å²) in [5.41, 5.74) is 3.79. The molecule has 43 heavy (non-hydrogen) atoms. The summed E-state index contributed by atoms with van der Waals surface area (Å²) in [6.07, 6.45) is 3.58. The van der Waals surface area contributed by atoms with E-state index in [-0.39, 0.29) is 12.2 Å². The predicted molar refractivity (Wildman–Crippen MR) is 159 cm³/mol. The highest BCUT2D eigenvalue weighted by Gasteiger charge is 2.23. The molecule has 0 saturated carbocycles. The topological polar surface area (TPSA) is 134 Å². The van der Waals surface area contributed by atoms with Gasteiger partial charge in [0, 0.05) is 36.1 Å². The molecule has 4 aromatic rings. The molecule has 13 heteroatoms. The van der Waals surface area contributed by atoms with Gasteiger partial charge >= 0.3 is 0 Å². The van der Waals surface area contributed by atoms with Gasteiger partial charge in [0.05, 0.1) is 18.9 Å². The molecule has 3 N–H and O–H groups in total. The van der Waals surface area contributed by atoms with Gasteiger partial charge in [-0.25, -0.2) is 27.2 Å². The van der Waals surface area contributed by atoms with Crippen LogP contribution in [0.15, 0.2) is 84.0 Å². The van der Waals surface area contributed by atoms with Gasteiger partial charge < -0.3 is 15.2 Å². The Balaban J connectivity index is 0.00000135. The van der Waals surface area contributed by atoms with Gasteiger partial charge in [0.1, 0.15) is 23.8 Å². The second-order valence-electron chi connectivity index (χ2n) is 9.51. The molecule has 3 aromatic carbocycles. The van der Waals surface area contributed by atoms with E-state index < -0.39 is 26.6 Å². The number of nitrogens with one attached hydrogen (secondary N) is 2. The average Bonchev–Trinajstić information content (AvgIpc) is 2.99. The number of morpholine rings is 1. The molecule has 0 aliphatic carbocycles. The van der Waals surface area contributed by atoms with Crippen molar-refractivity contribution in [3.63, 3.8) is 0 Å². The molecule has 0 spiro atoms. The maximum Gasteiger partial charge on any atom is 0.290 e. The monoisotopic (exact) mass is 611 g/mol. The van der Waals surface area contributed by atoms with Crippen molar-refractivity contribution < 1.29 is 31.8 Å². The van der Waals surface area contributed by atoms with E-state index in [2.05, 4.69) is 49.2 Å². The molecule has 10 nitrogen and oxygen atoms in total. The van der Waals surface area contributed by atoms with Gasteiger partial charge in [-0.3, -0.25) is 14.4 Å². The number of carboxylic acid groups (broad SMARTS) is 1. The van der Waals surface area contributed by atoms with Gasteiger partial charge in [-0.2, -0.15) is 0 Å². The molecule has 0 amide bonds. The highest BCUT2D eigenvalue weighted by molar-refractivity contribution is 7.92. The van der Waals surface area contributed by atoms with Crippen LogP contribution in [-0.2, 0) is 26.0 Å². The number of hydrogen-bond acceptors (Lipinski definition) is 8. The number of anilines is 3. The number of aromatic nitrogens is 2. The summed E-state index contributed by atoms with van der Waals surface area (Å²) in [6.45, 7) is 4.46. The van der Waals surface area contributed by atoms with Gasteiger partial charge in [-0.15, -0.1) is 0 Å². The molecule has 2 heterocycles. The fraction of sp³-hybridized carbons (Fsp3) is 0.233. The molecule has 1 aliphatic rings. The van der Waals surface area contributed by atoms with Crippen molar-refractivity contribution in [3.05, 3.63) is 96.3 Å². The van der Waals surface area contributed by atoms with Crippen LogP contribution in [0.3, 0.4) is 0 Å². The SMILES string of the molecule is O=CO.O=S(=O)(Nc1ccc(Nc2cc(-c3ccc(CCCN4CCOCC4)cc3)ncn2)cc1)c1c(F)cccc1F. The molecule has 0 atom stereocenters. The summed E-state index contributed by atoms with van der Waals surface area (Å²) >= 11 is 0. The van der Waals surface area contributed by atoms with E-state index in [4.69, 9.17) is 14.6 Å². The minimum atomic E-state index is -4.44. The van der Waals surface area contributed by atoms with E-state index in [0.29, 0.717) is 11.5 Å². The third-order valence-corrected chi connectivity index (χ3v) is 7.99. The Morgan fingerprint density at radius 2 is 1.56 bits per heavy atom. The quantitative estimate of drug-likeness (QED) is 0.213. The Labute approximate surface area is 248 Å². The number of halogens is 2. The highest BCUT2D eigenvalue weighted by Crippen LogP contribution is 2.25. The lowest BCUT2D eigenvalue weighted by Crippen LogP contribution is -2.36. The normalized spacial score (nSPS) is 13.4. The van der Waals surface area contributed by atoms with Crippen LogP contribution in [0.1, 0.15) is 12.0 Å². The number of hydrogen-bond donors (Lipinski definition) is 3. The van der Waals surface area contributed by atoms with Crippen LogP contribution in [0, 0.1) is 11.6 Å². The summed E-state index contributed by atoms with van der Waals surface area (Å²) in [6, 6.07) is 19.3. The second-order valence-corrected chi connectivity index (χ2v) is 11.1. The largest absolute Gasteiger partial charge is 0.483 e. The van der Waals surface area contributed by atoms with Gasteiger partial charge in [-0.05, 0) is 61.3 Å². The van der Waals surface area contributed by atoms with Crippen molar-refractivity contribution in [1.82, 2.24) is 14.9 Å². The smallest absolute Gasteiger partial charge is 0.290 e. The fourth-order valence-electron chi connectivity index (χ4n) is 4.47. The zero-order valence-corrected chi connectivity index (χ0v) is 23.9. The molecular formula is C30H31F2N5O5S. The van der Waals surface area contributed by atoms with E-state index >= 15 is 0 Å². The summed E-state index contributed by atoms with van der Waals surface area (Å²) < 4.78 is 60.5. The minimum Gasteiger partial charge on any atom is -0.483 e. The molecule has 5 rings (SSSR count). The lowest BCUT2D eigenvalue weighted by Gasteiger charge is -2.26. The molecule has 0 bridgehead atoms. The number of ether oxygens (including phenoxy) is 1. The van der Waals surface area contributed by atoms with Crippen LogP contribution in [0.5, 0.6) is 0 Å². The molecule has 0 unspecified atom stereocenters. The predicted octanol–water partition coefficient (Wildman–Crippen LogP) is 4.93. The van der Waals surface area contributed by atoms with Crippen molar-refractivity contribution in [2.45, 2.75) is 17.7 Å². The fourth-order valence-corrected chi connectivity index (χ4v) is 5.67.